The van der Waals surface area contributed by atoms with Gasteiger partial charge in [0.25, 0.3) is 5.91 Å². The van der Waals surface area contributed by atoms with Gasteiger partial charge in [0.15, 0.2) is 0 Å². The highest BCUT2D eigenvalue weighted by molar-refractivity contribution is 7.92. The van der Waals surface area contributed by atoms with E-state index >= 15 is 0 Å². The van der Waals surface area contributed by atoms with Crippen molar-refractivity contribution in [3.8, 4) is 0 Å². The first kappa shape index (κ1) is 20.9. The van der Waals surface area contributed by atoms with Crippen molar-refractivity contribution in [3.63, 3.8) is 0 Å². The van der Waals surface area contributed by atoms with Gasteiger partial charge in [0, 0.05) is 11.6 Å². The Labute approximate surface area is 170 Å². The number of ether oxygens (including phenoxy) is 1. The third-order valence-corrected chi connectivity index (χ3v) is 5.70. The van der Waals surface area contributed by atoms with Crippen LogP contribution in [0.2, 0.25) is 0 Å². The van der Waals surface area contributed by atoms with Crippen molar-refractivity contribution in [3.05, 3.63) is 65.7 Å². The number of hydrogen-bond donors (Lipinski definition) is 1. The quantitative estimate of drug-likeness (QED) is 0.667. The van der Waals surface area contributed by atoms with E-state index in [0.29, 0.717) is 16.8 Å². The van der Waals surface area contributed by atoms with Crippen LogP contribution in [-0.2, 0) is 24.3 Å². The Balaban J connectivity index is 1.80. The number of benzene rings is 2. The molecule has 29 heavy (non-hydrogen) atoms. The average Bonchev–Trinajstić information content (AvgIpc) is 3.48. The molecule has 1 fully saturated rings. The highest BCUT2D eigenvalue weighted by Crippen LogP contribution is 2.25. The van der Waals surface area contributed by atoms with Gasteiger partial charge in [-0.1, -0.05) is 48.5 Å². The number of aryl methyl sites for hydroxylation is 1. The smallest absolute Gasteiger partial charge is 0.327 e. The van der Waals surface area contributed by atoms with E-state index in [1.165, 1.54) is 0 Å². The summed E-state index contributed by atoms with van der Waals surface area (Å²) in [6.45, 7) is 1.23. The van der Waals surface area contributed by atoms with Crippen LogP contribution in [0.3, 0.4) is 0 Å². The maximum atomic E-state index is 12.7. The summed E-state index contributed by atoms with van der Waals surface area (Å²) in [5.74, 6) is -1.22. The van der Waals surface area contributed by atoms with E-state index in [-0.39, 0.29) is 6.04 Å². The number of amides is 1. The Bertz CT molecular complexity index is 987. The van der Waals surface area contributed by atoms with Crippen LogP contribution in [0.1, 0.15) is 30.1 Å². The Morgan fingerprint density at radius 2 is 1.72 bits per heavy atom. The minimum Gasteiger partial charge on any atom is -0.446 e. The number of hydrogen-bond acceptors (Lipinski definition) is 5. The molecule has 2 aromatic rings. The standard InChI is InChI=1S/C21H24N2O5S/c1-15-8-6-7-11-18(15)23(29(2,26)27)14-19(24)28-20(16-9-4-3-5-10-16)21(25)22-17-12-13-17/h3-11,17,20H,12-14H2,1-2H3,(H,22,25)/t20-/m1/s1. The summed E-state index contributed by atoms with van der Waals surface area (Å²) in [7, 11) is -3.73. The van der Waals surface area contributed by atoms with Crippen molar-refractivity contribution >= 4 is 27.6 Å². The fraction of sp³-hybridized carbons (Fsp3) is 0.333. The molecule has 1 atom stereocenters. The van der Waals surface area contributed by atoms with Gasteiger partial charge in [-0.2, -0.15) is 0 Å². The lowest BCUT2D eigenvalue weighted by Crippen LogP contribution is -2.39. The fourth-order valence-electron chi connectivity index (χ4n) is 2.92. The second kappa shape index (κ2) is 8.65. The topological polar surface area (TPSA) is 92.8 Å². The van der Waals surface area contributed by atoms with Crippen molar-refractivity contribution in [2.75, 3.05) is 17.1 Å². The van der Waals surface area contributed by atoms with Crippen LogP contribution in [0.4, 0.5) is 5.69 Å². The van der Waals surface area contributed by atoms with E-state index < -0.39 is 34.5 Å². The number of rotatable bonds is 8. The molecule has 1 aliphatic rings. The molecule has 8 heteroatoms. The van der Waals surface area contributed by atoms with Gasteiger partial charge in [-0.3, -0.25) is 13.9 Å². The first-order chi connectivity index (χ1) is 13.8. The molecule has 154 valence electrons. The van der Waals surface area contributed by atoms with E-state index in [4.69, 9.17) is 4.74 Å². The van der Waals surface area contributed by atoms with Crippen LogP contribution < -0.4 is 9.62 Å². The van der Waals surface area contributed by atoms with Gasteiger partial charge in [0.2, 0.25) is 16.1 Å². The second-order valence-electron chi connectivity index (χ2n) is 7.12. The maximum Gasteiger partial charge on any atom is 0.327 e. The summed E-state index contributed by atoms with van der Waals surface area (Å²) in [6, 6.07) is 15.6. The number of esters is 1. The molecule has 7 nitrogen and oxygen atoms in total. The fourth-order valence-corrected chi connectivity index (χ4v) is 3.82. The third-order valence-electron chi connectivity index (χ3n) is 4.57. The molecule has 0 unspecified atom stereocenters. The van der Waals surface area contributed by atoms with Crippen LogP contribution in [0.25, 0.3) is 0 Å². The molecule has 1 saturated carbocycles. The highest BCUT2D eigenvalue weighted by Gasteiger charge is 2.32. The summed E-state index contributed by atoms with van der Waals surface area (Å²) in [5.41, 5.74) is 1.63. The lowest BCUT2D eigenvalue weighted by Gasteiger charge is -2.24. The van der Waals surface area contributed by atoms with Gasteiger partial charge >= 0.3 is 5.97 Å². The van der Waals surface area contributed by atoms with E-state index in [1.54, 1.807) is 61.5 Å². The monoisotopic (exact) mass is 416 g/mol. The number of carbonyl (C=O) groups excluding carboxylic acids is 2. The van der Waals surface area contributed by atoms with Crippen LogP contribution in [-0.4, -0.2) is 39.1 Å². The molecule has 0 aliphatic heterocycles. The minimum absolute atomic E-state index is 0.104. The number of nitrogens with one attached hydrogen (secondary N) is 1. The maximum absolute atomic E-state index is 12.7. The summed E-state index contributed by atoms with van der Waals surface area (Å²) >= 11 is 0. The second-order valence-corrected chi connectivity index (χ2v) is 9.03. The molecule has 0 radical (unpaired) electrons. The number of carbonyl (C=O) groups is 2. The molecule has 0 saturated heterocycles. The predicted octanol–water partition coefficient (Wildman–Crippen LogP) is 2.32. The molecule has 3 rings (SSSR count). The lowest BCUT2D eigenvalue weighted by atomic mass is 10.1. The minimum atomic E-state index is -3.73. The molecule has 1 N–H and O–H groups in total. The van der Waals surface area contributed by atoms with Gasteiger partial charge in [0.1, 0.15) is 6.54 Å². The summed E-state index contributed by atoms with van der Waals surface area (Å²) in [6.07, 6.45) is 1.69. The molecular formula is C21H24N2O5S. The van der Waals surface area contributed by atoms with E-state index in [9.17, 15) is 18.0 Å². The van der Waals surface area contributed by atoms with Gasteiger partial charge in [0.05, 0.1) is 11.9 Å². The first-order valence-electron chi connectivity index (χ1n) is 9.34. The lowest BCUT2D eigenvalue weighted by molar-refractivity contribution is -0.155. The summed E-state index contributed by atoms with van der Waals surface area (Å²) < 4.78 is 31.1. The summed E-state index contributed by atoms with van der Waals surface area (Å²) in [4.78, 5) is 25.3. The van der Waals surface area contributed by atoms with Crippen molar-refractivity contribution in [1.82, 2.24) is 5.32 Å². The SMILES string of the molecule is Cc1ccccc1N(CC(=O)O[C@@H](C(=O)NC1CC1)c1ccccc1)S(C)(=O)=O. The Kier molecular flexibility index (Phi) is 6.22. The molecule has 0 bridgehead atoms. The molecular weight excluding hydrogens is 392 g/mol. The Morgan fingerprint density at radius 1 is 1.10 bits per heavy atom. The third kappa shape index (κ3) is 5.57. The van der Waals surface area contributed by atoms with Crippen LogP contribution in [0.5, 0.6) is 0 Å². The Hall–Kier alpha value is -2.87. The molecule has 0 aromatic heterocycles. The van der Waals surface area contributed by atoms with Gasteiger partial charge in [-0.25, -0.2) is 8.42 Å². The van der Waals surface area contributed by atoms with Crippen LogP contribution in [0, 0.1) is 6.92 Å². The number of sulfonamides is 1. The molecule has 1 aliphatic carbocycles. The molecule has 1 amide bonds. The van der Waals surface area contributed by atoms with Crippen LogP contribution in [0.15, 0.2) is 54.6 Å². The van der Waals surface area contributed by atoms with Gasteiger partial charge in [-0.15, -0.1) is 0 Å². The van der Waals surface area contributed by atoms with Gasteiger partial charge < -0.3 is 10.1 Å². The zero-order valence-corrected chi connectivity index (χ0v) is 17.2. The highest BCUT2D eigenvalue weighted by atomic mass is 32.2. The molecule has 0 spiro atoms. The molecule has 0 heterocycles. The first-order valence-corrected chi connectivity index (χ1v) is 11.2. The van der Waals surface area contributed by atoms with Crippen LogP contribution >= 0.6 is 0 Å². The van der Waals surface area contributed by atoms with E-state index in [1.807, 2.05) is 0 Å². The Morgan fingerprint density at radius 3 is 2.31 bits per heavy atom. The van der Waals surface area contributed by atoms with Crippen molar-refractivity contribution < 1.29 is 22.7 Å². The summed E-state index contributed by atoms with van der Waals surface area (Å²) in [5, 5.41) is 2.83. The van der Waals surface area contributed by atoms with E-state index in [2.05, 4.69) is 5.32 Å². The zero-order chi connectivity index (χ0) is 21.0. The van der Waals surface area contributed by atoms with Crippen molar-refractivity contribution in [1.29, 1.82) is 0 Å². The van der Waals surface area contributed by atoms with Gasteiger partial charge in [-0.05, 0) is 31.4 Å². The average molecular weight is 416 g/mol. The number of anilines is 1. The predicted molar refractivity (Wildman–Crippen MR) is 110 cm³/mol. The zero-order valence-electron chi connectivity index (χ0n) is 16.4. The van der Waals surface area contributed by atoms with Crippen molar-refractivity contribution in [2.45, 2.75) is 31.9 Å². The van der Waals surface area contributed by atoms with Crippen molar-refractivity contribution in [2.24, 2.45) is 0 Å². The number of nitrogens with zero attached hydrogens (tertiary/aromatic N) is 1. The largest absolute Gasteiger partial charge is 0.446 e. The van der Waals surface area contributed by atoms with E-state index in [0.717, 1.165) is 23.4 Å². The normalized spacial score (nSPS) is 14.7. The number of para-hydroxylation sites is 1. The molecule has 2 aromatic carbocycles.